The number of hydrogen-bond donors (Lipinski definition) is 2. The Morgan fingerprint density at radius 1 is 1.14 bits per heavy atom. The molecule has 0 aliphatic rings. The largest absolute Gasteiger partial charge is 0.478 e. The fourth-order valence-electron chi connectivity index (χ4n) is 2.69. The molecule has 3 aromatic rings. The molecule has 0 saturated heterocycles. The van der Waals surface area contributed by atoms with Crippen LogP contribution in [-0.2, 0) is 11.2 Å². The number of benzene rings is 2. The molecular weight excluding hydrogens is 504 g/mol. The minimum Gasteiger partial charge on any atom is -0.478 e. The number of alkyl halides is 1. The van der Waals surface area contributed by atoms with E-state index >= 15 is 0 Å². The van der Waals surface area contributed by atoms with Crippen molar-refractivity contribution in [3.05, 3.63) is 73.5 Å². The van der Waals surface area contributed by atoms with Crippen molar-refractivity contribution in [2.24, 2.45) is 0 Å². The fraction of sp³-hybridized carbons (Fsp3) is 0.100. The maximum absolute atomic E-state index is 14.6. The molecule has 2 N–H and O–H groups in total. The molecule has 0 aliphatic heterocycles. The second-order valence-electron chi connectivity index (χ2n) is 6.03. The molecule has 4 nitrogen and oxygen atoms in total. The van der Waals surface area contributed by atoms with Gasteiger partial charge in [0.25, 0.3) is 5.91 Å². The van der Waals surface area contributed by atoms with Gasteiger partial charge < -0.3 is 10.4 Å². The number of nitrogens with one attached hydrogen (secondary N) is 1. The average Bonchev–Trinajstić information content (AvgIpc) is 3.09. The Morgan fingerprint density at radius 3 is 2.34 bits per heavy atom. The maximum Gasteiger partial charge on any atom is 0.339 e. The number of hydrogen-bond acceptors (Lipinski definition) is 3. The summed E-state index contributed by atoms with van der Waals surface area (Å²) in [6, 6.07) is 11.8. The van der Waals surface area contributed by atoms with Crippen LogP contribution in [0.2, 0.25) is 10.0 Å². The molecule has 2 aromatic carbocycles. The van der Waals surface area contributed by atoms with Gasteiger partial charge in [-0.1, -0.05) is 57.3 Å². The topological polar surface area (TPSA) is 66.4 Å². The first-order chi connectivity index (χ1) is 13.8. The van der Waals surface area contributed by atoms with Crippen molar-refractivity contribution >= 4 is 67.3 Å². The lowest BCUT2D eigenvalue weighted by molar-refractivity contribution is -0.120. The van der Waals surface area contributed by atoms with Crippen molar-refractivity contribution in [3.63, 3.8) is 0 Å². The van der Waals surface area contributed by atoms with Gasteiger partial charge in [0.15, 0.2) is 6.17 Å². The lowest BCUT2D eigenvalue weighted by atomic mass is 10.0. The number of thiophene rings is 1. The van der Waals surface area contributed by atoms with Crippen LogP contribution >= 0.6 is 50.5 Å². The molecule has 0 radical (unpaired) electrons. The summed E-state index contributed by atoms with van der Waals surface area (Å²) in [7, 11) is 0. The first-order valence-electron chi connectivity index (χ1n) is 8.26. The Balaban J connectivity index is 1.83. The van der Waals surface area contributed by atoms with Gasteiger partial charge in [0, 0.05) is 31.9 Å². The lowest BCUT2D eigenvalue weighted by Gasteiger charge is -2.12. The summed E-state index contributed by atoms with van der Waals surface area (Å²) >= 11 is 16.4. The smallest absolute Gasteiger partial charge is 0.339 e. The van der Waals surface area contributed by atoms with Gasteiger partial charge in [-0.3, -0.25) is 4.79 Å². The molecule has 9 heteroatoms. The van der Waals surface area contributed by atoms with Gasteiger partial charge >= 0.3 is 5.97 Å². The molecular formula is C20H13BrCl2FNO3S. The van der Waals surface area contributed by atoms with Crippen molar-refractivity contribution in [1.82, 2.24) is 0 Å². The molecule has 29 heavy (non-hydrogen) atoms. The summed E-state index contributed by atoms with van der Waals surface area (Å²) in [6.07, 6.45) is -2.27. The summed E-state index contributed by atoms with van der Waals surface area (Å²) in [5, 5.41) is 14.2. The van der Waals surface area contributed by atoms with E-state index in [1.165, 1.54) is 0 Å². The Morgan fingerprint density at radius 2 is 1.76 bits per heavy atom. The first-order valence-corrected chi connectivity index (χ1v) is 10.7. The number of carboxylic acids is 1. The molecule has 1 atom stereocenters. The normalized spacial score (nSPS) is 11.9. The fourth-order valence-corrected chi connectivity index (χ4v) is 4.47. The monoisotopic (exact) mass is 515 g/mol. The van der Waals surface area contributed by atoms with E-state index < -0.39 is 18.0 Å². The summed E-state index contributed by atoms with van der Waals surface area (Å²) < 4.78 is 15.4. The molecule has 0 fully saturated rings. The molecule has 0 saturated carbocycles. The Bertz CT molecular complexity index is 1050. The molecule has 1 unspecified atom stereocenters. The molecule has 1 heterocycles. The van der Waals surface area contributed by atoms with Crippen molar-refractivity contribution in [2.45, 2.75) is 12.6 Å². The number of aromatic carboxylic acids is 1. The summed E-state index contributed by atoms with van der Waals surface area (Å²) in [4.78, 5) is 24.1. The van der Waals surface area contributed by atoms with E-state index in [0.29, 0.717) is 16.7 Å². The predicted molar refractivity (Wildman–Crippen MR) is 118 cm³/mol. The number of carbonyl (C=O) groups is 2. The number of carboxylic acid groups (broad SMARTS) is 1. The zero-order valence-electron chi connectivity index (χ0n) is 14.6. The van der Waals surface area contributed by atoms with Crippen LogP contribution in [0.4, 0.5) is 9.39 Å². The number of rotatable bonds is 6. The molecule has 0 bridgehead atoms. The minimum atomic E-state index is -1.95. The van der Waals surface area contributed by atoms with Crippen LogP contribution in [0.1, 0.15) is 15.9 Å². The van der Waals surface area contributed by atoms with Crippen LogP contribution in [0, 0.1) is 0 Å². The zero-order chi connectivity index (χ0) is 21.1. The SMILES string of the molecule is O=C(O)c1c(-c2ccc(Br)cc2)csc1NC(=O)C(F)Cc1c(Cl)cccc1Cl. The van der Waals surface area contributed by atoms with Gasteiger partial charge in [-0.25, -0.2) is 9.18 Å². The third-order valence-corrected chi connectivity index (χ3v) is 6.26. The number of anilines is 1. The highest BCUT2D eigenvalue weighted by Crippen LogP contribution is 2.36. The van der Waals surface area contributed by atoms with Gasteiger partial charge in [-0.15, -0.1) is 11.3 Å². The van der Waals surface area contributed by atoms with Crippen LogP contribution in [0.25, 0.3) is 11.1 Å². The highest BCUT2D eigenvalue weighted by atomic mass is 79.9. The van der Waals surface area contributed by atoms with Crippen LogP contribution in [-0.4, -0.2) is 23.2 Å². The Labute approximate surface area is 188 Å². The van der Waals surface area contributed by atoms with Crippen molar-refractivity contribution in [1.29, 1.82) is 0 Å². The van der Waals surface area contributed by atoms with Crippen LogP contribution in [0.15, 0.2) is 52.3 Å². The predicted octanol–water partition coefficient (Wildman–Crippen LogP) is 6.70. The van der Waals surface area contributed by atoms with E-state index in [9.17, 15) is 19.1 Å². The average molecular weight is 517 g/mol. The third-order valence-electron chi connectivity index (χ3n) is 4.13. The molecule has 1 amide bonds. The van der Waals surface area contributed by atoms with E-state index in [0.717, 1.165) is 15.8 Å². The number of halogens is 4. The molecule has 1 aromatic heterocycles. The van der Waals surface area contributed by atoms with Crippen LogP contribution < -0.4 is 5.32 Å². The summed E-state index contributed by atoms with van der Waals surface area (Å²) in [5.74, 6) is -2.18. The molecule has 150 valence electrons. The molecule has 0 aliphatic carbocycles. The highest BCUT2D eigenvalue weighted by Gasteiger charge is 2.25. The van der Waals surface area contributed by atoms with Gasteiger partial charge in [-0.2, -0.15) is 0 Å². The quantitative estimate of drug-likeness (QED) is 0.383. The molecule has 3 rings (SSSR count). The van der Waals surface area contributed by atoms with Crippen molar-refractivity contribution < 1.29 is 19.1 Å². The second-order valence-corrected chi connectivity index (χ2v) is 8.64. The van der Waals surface area contributed by atoms with Gasteiger partial charge in [0.05, 0.1) is 0 Å². The minimum absolute atomic E-state index is 0.0633. The highest BCUT2D eigenvalue weighted by molar-refractivity contribution is 9.10. The summed E-state index contributed by atoms with van der Waals surface area (Å²) in [5.41, 5.74) is 1.34. The lowest BCUT2D eigenvalue weighted by Crippen LogP contribution is -2.26. The Hall–Kier alpha value is -1.93. The van der Waals surface area contributed by atoms with E-state index in [1.54, 1.807) is 47.8 Å². The first kappa shape index (κ1) is 21.8. The van der Waals surface area contributed by atoms with Crippen LogP contribution in [0.3, 0.4) is 0 Å². The van der Waals surface area contributed by atoms with E-state index in [1.807, 2.05) is 0 Å². The number of amides is 1. The van der Waals surface area contributed by atoms with E-state index in [4.69, 9.17) is 23.2 Å². The molecule has 0 spiro atoms. The van der Waals surface area contributed by atoms with Crippen molar-refractivity contribution in [2.75, 3.05) is 5.32 Å². The van der Waals surface area contributed by atoms with E-state index in [2.05, 4.69) is 21.2 Å². The van der Waals surface area contributed by atoms with E-state index in [-0.39, 0.29) is 27.0 Å². The maximum atomic E-state index is 14.6. The second kappa shape index (κ2) is 9.26. The standard InChI is InChI=1S/C20H13BrCl2FNO3S/c21-11-6-4-10(5-7-11)13-9-29-19(17(13)20(27)28)25-18(26)16(24)8-12-14(22)2-1-3-15(12)23/h1-7,9,16H,8H2,(H,25,26)(H,27,28). The van der Waals surface area contributed by atoms with Gasteiger partial charge in [0.2, 0.25) is 0 Å². The third kappa shape index (κ3) is 4.98. The van der Waals surface area contributed by atoms with Gasteiger partial charge in [-0.05, 0) is 35.4 Å². The van der Waals surface area contributed by atoms with Gasteiger partial charge in [0.1, 0.15) is 10.6 Å². The number of carbonyl (C=O) groups excluding carboxylic acids is 1. The Kier molecular flexibility index (Phi) is 6.95. The van der Waals surface area contributed by atoms with Crippen LogP contribution in [0.5, 0.6) is 0 Å². The van der Waals surface area contributed by atoms with Crippen molar-refractivity contribution in [3.8, 4) is 11.1 Å². The summed E-state index contributed by atoms with van der Waals surface area (Å²) in [6.45, 7) is 0. The zero-order valence-corrected chi connectivity index (χ0v) is 18.5.